The van der Waals surface area contributed by atoms with Crippen molar-refractivity contribution in [3.05, 3.63) is 77.0 Å². The number of hydrogen-bond acceptors (Lipinski definition) is 2. The zero-order chi connectivity index (χ0) is 18.0. The Labute approximate surface area is 147 Å². The minimum atomic E-state index is -0.403. The van der Waals surface area contributed by atoms with Crippen LogP contribution in [0.25, 0.3) is 11.3 Å². The second-order valence-electron chi connectivity index (χ2n) is 6.19. The molecule has 4 nitrogen and oxygen atoms in total. The molecule has 1 heterocycles. The van der Waals surface area contributed by atoms with Crippen LogP contribution >= 0.6 is 0 Å². The number of aromatic nitrogens is 1. The first kappa shape index (κ1) is 16.8. The van der Waals surface area contributed by atoms with E-state index in [9.17, 15) is 4.79 Å². The summed E-state index contributed by atoms with van der Waals surface area (Å²) in [5.41, 5.74) is 11.4. The maximum absolute atomic E-state index is 11.8. The van der Waals surface area contributed by atoms with Gasteiger partial charge in [0.05, 0.1) is 12.7 Å². The lowest BCUT2D eigenvalue weighted by Gasteiger charge is -2.13. The van der Waals surface area contributed by atoms with Crippen molar-refractivity contribution in [2.24, 2.45) is 5.73 Å². The van der Waals surface area contributed by atoms with Gasteiger partial charge in [0.1, 0.15) is 5.75 Å². The minimum absolute atomic E-state index is 0.403. The van der Waals surface area contributed by atoms with Gasteiger partial charge in [-0.1, -0.05) is 42.0 Å². The Morgan fingerprint density at radius 3 is 2.24 bits per heavy atom. The van der Waals surface area contributed by atoms with Gasteiger partial charge in [0.15, 0.2) is 0 Å². The van der Waals surface area contributed by atoms with Gasteiger partial charge in [-0.3, -0.25) is 4.79 Å². The van der Waals surface area contributed by atoms with E-state index < -0.39 is 5.91 Å². The van der Waals surface area contributed by atoms with E-state index in [-0.39, 0.29) is 0 Å². The minimum Gasteiger partial charge on any atom is -0.497 e. The molecule has 0 fully saturated rings. The van der Waals surface area contributed by atoms with Gasteiger partial charge < -0.3 is 15.0 Å². The molecule has 0 radical (unpaired) electrons. The topological polar surface area (TPSA) is 57.2 Å². The molecule has 0 bridgehead atoms. The number of benzene rings is 2. The summed E-state index contributed by atoms with van der Waals surface area (Å²) >= 11 is 0. The average molecular weight is 334 g/mol. The Bertz CT molecular complexity index is 891. The molecule has 0 unspecified atom stereocenters. The summed E-state index contributed by atoms with van der Waals surface area (Å²) in [5, 5.41) is 0. The first-order chi connectivity index (χ1) is 12.0. The first-order valence-electron chi connectivity index (χ1n) is 8.19. The number of carbonyl (C=O) groups is 1. The van der Waals surface area contributed by atoms with Crippen LogP contribution in [0.5, 0.6) is 5.75 Å². The lowest BCUT2D eigenvalue weighted by molar-refractivity contribution is 0.0999. The van der Waals surface area contributed by atoms with Crippen molar-refractivity contribution >= 4 is 5.91 Å². The van der Waals surface area contributed by atoms with Gasteiger partial charge in [-0.25, -0.2) is 0 Å². The number of carbonyl (C=O) groups excluding carboxylic acids is 1. The Hall–Kier alpha value is -3.01. The average Bonchev–Trinajstić information content (AvgIpc) is 2.93. The van der Waals surface area contributed by atoms with Crippen LogP contribution in [0.4, 0.5) is 0 Å². The van der Waals surface area contributed by atoms with E-state index in [1.807, 2.05) is 37.3 Å². The molecule has 2 N–H and O–H groups in total. The number of amides is 1. The zero-order valence-electron chi connectivity index (χ0n) is 14.7. The molecule has 0 aliphatic heterocycles. The van der Waals surface area contributed by atoms with E-state index in [2.05, 4.69) is 35.8 Å². The molecule has 0 aliphatic carbocycles. The summed E-state index contributed by atoms with van der Waals surface area (Å²) in [4.78, 5) is 11.8. The predicted octanol–water partition coefficient (Wildman–Crippen LogP) is 3.93. The second kappa shape index (κ2) is 6.85. The molecule has 2 aromatic carbocycles. The van der Waals surface area contributed by atoms with Crippen molar-refractivity contribution in [1.82, 2.24) is 4.57 Å². The number of ether oxygens (including phenoxy) is 1. The maximum atomic E-state index is 11.8. The van der Waals surface area contributed by atoms with Gasteiger partial charge in [-0.05, 0) is 43.2 Å². The monoisotopic (exact) mass is 334 g/mol. The molecular formula is C21H22N2O2. The summed E-state index contributed by atoms with van der Waals surface area (Å²) in [6.07, 6.45) is 0. The van der Waals surface area contributed by atoms with Gasteiger partial charge in [0, 0.05) is 17.9 Å². The highest BCUT2D eigenvalue weighted by Crippen LogP contribution is 2.27. The fraction of sp³-hybridized carbons (Fsp3) is 0.190. The molecule has 128 valence electrons. The molecule has 25 heavy (non-hydrogen) atoms. The number of primary amides is 1. The lowest BCUT2D eigenvalue weighted by atomic mass is 10.1. The van der Waals surface area contributed by atoms with Gasteiger partial charge in [-0.2, -0.15) is 0 Å². The van der Waals surface area contributed by atoms with Crippen molar-refractivity contribution < 1.29 is 9.53 Å². The van der Waals surface area contributed by atoms with Crippen molar-refractivity contribution in [1.29, 1.82) is 0 Å². The van der Waals surface area contributed by atoms with Crippen molar-refractivity contribution in [2.75, 3.05) is 7.11 Å². The fourth-order valence-electron chi connectivity index (χ4n) is 2.98. The Morgan fingerprint density at radius 1 is 1.04 bits per heavy atom. The van der Waals surface area contributed by atoms with E-state index in [4.69, 9.17) is 10.5 Å². The second-order valence-corrected chi connectivity index (χ2v) is 6.19. The van der Waals surface area contributed by atoms with Crippen LogP contribution in [0.15, 0.2) is 54.6 Å². The highest BCUT2D eigenvalue weighted by atomic mass is 16.5. The van der Waals surface area contributed by atoms with Crippen LogP contribution in [-0.4, -0.2) is 17.6 Å². The third-order valence-corrected chi connectivity index (χ3v) is 4.48. The van der Waals surface area contributed by atoms with Crippen LogP contribution < -0.4 is 10.5 Å². The SMILES string of the molecule is COc1ccc(Cn2c(-c3ccc(C)cc3)cc(C(N)=O)c2C)cc1. The molecule has 0 saturated carbocycles. The van der Waals surface area contributed by atoms with E-state index >= 15 is 0 Å². The number of nitrogens with two attached hydrogens (primary N) is 1. The molecular weight excluding hydrogens is 312 g/mol. The molecule has 1 aromatic heterocycles. The van der Waals surface area contributed by atoms with Crippen molar-refractivity contribution in [2.45, 2.75) is 20.4 Å². The van der Waals surface area contributed by atoms with Crippen molar-refractivity contribution in [3.8, 4) is 17.0 Å². The molecule has 3 aromatic rings. The molecule has 0 saturated heterocycles. The van der Waals surface area contributed by atoms with E-state index in [0.29, 0.717) is 12.1 Å². The molecule has 4 heteroatoms. The lowest BCUT2D eigenvalue weighted by Crippen LogP contribution is -2.12. The smallest absolute Gasteiger partial charge is 0.250 e. The normalized spacial score (nSPS) is 10.7. The standard InChI is InChI=1S/C21H22N2O2/c1-14-4-8-17(9-5-14)20-12-19(21(22)24)15(2)23(20)13-16-6-10-18(25-3)11-7-16/h4-12H,13H2,1-3H3,(H2,22,24). The summed E-state index contributed by atoms with van der Waals surface area (Å²) in [7, 11) is 1.65. The molecule has 0 atom stereocenters. The quantitative estimate of drug-likeness (QED) is 0.768. The van der Waals surface area contributed by atoms with E-state index in [1.54, 1.807) is 7.11 Å². The van der Waals surface area contributed by atoms with Crippen LogP contribution in [0.3, 0.4) is 0 Å². The predicted molar refractivity (Wildman–Crippen MR) is 100.0 cm³/mol. The van der Waals surface area contributed by atoms with E-state index in [0.717, 1.165) is 28.3 Å². The summed E-state index contributed by atoms with van der Waals surface area (Å²) in [6.45, 7) is 4.65. The highest BCUT2D eigenvalue weighted by molar-refractivity contribution is 5.95. The summed E-state index contributed by atoms with van der Waals surface area (Å²) in [5.74, 6) is 0.420. The van der Waals surface area contributed by atoms with Crippen molar-refractivity contribution in [3.63, 3.8) is 0 Å². The van der Waals surface area contributed by atoms with Crippen LogP contribution in [0, 0.1) is 13.8 Å². The van der Waals surface area contributed by atoms with Gasteiger partial charge >= 0.3 is 0 Å². The molecule has 0 spiro atoms. The third-order valence-electron chi connectivity index (χ3n) is 4.48. The van der Waals surface area contributed by atoms with Crippen LogP contribution in [-0.2, 0) is 6.54 Å². The number of hydrogen-bond donors (Lipinski definition) is 1. The zero-order valence-corrected chi connectivity index (χ0v) is 14.7. The number of nitrogens with zero attached hydrogens (tertiary/aromatic N) is 1. The van der Waals surface area contributed by atoms with Gasteiger partial charge in [-0.15, -0.1) is 0 Å². The highest BCUT2D eigenvalue weighted by Gasteiger charge is 2.17. The first-order valence-corrected chi connectivity index (χ1v) is 8.19. The molecule has 0 aliphatic rings. The van der Waals surface area contributed by atoms with Crippen LogP contribution in [0.2, 0.25) is 0 Å². The Kier molecular flexibility index (Phi) is 4.61. The number of rotatable bonds is 5. The largest absolute Gasteiger partial charge is 0.497 e. The Morgan fingerprint density at radius 2 is 1.68 bits per heavy atom. The summed E-state index contributed by atoms with van der Waals surface area (Å²) in [6, 6.07) is 18.1. The fourth-order valence-corrected chi connectivity index (χ4v) is 2.98. The molecule has 1 amide bonds. The number of methoxy groups -OCH3 is 1. The summed E-state index contributed by atoms with van der Waals surface area (Å²) < 4.78 is 7.35. The Balaban J connectivity index is 2.06. The number of aryl methyl sites for hydroxylation is 1. The third kappa shape index (κ3) is 3.43. The van der Waals surface area contributed by atoms with Gasteiger partial charge in [0.2, 0.25) is 0 Å². The van der Waals surface area contributed by atoms with Gasteiger partial charge in [0.25, 0.3) is 5.91 Å². The van der Waals surface area contributed by atoms with E-state index in [1.165, 1.54) is 5.56 Å². The maximum Gasteiger partial charge on any atom is 0.250 e. The van der Waals surface area contributed by atoms with Crippen LogP contribution in [0.1, 0.15) is 27.2 Å². The molecule has 3 rings (SSSR count).